The highest BCUT2D eigenvalue weighted by Gasteiger charge is 2.64. The molecule has 1 aliphatic rings. The van der Waals surface area contributed by atoms with Crippen molar-refractivity contribution < 1.29 is 24.7 Å². The van der Waals surface area contributed by atoms with Gasteiger partial charge in [0.1, 0.15) is 0 Å². The first kappa shape index (κ1) is 14.0. The molecule has 1 aromatic rings. The Balaban J connectivity index is 2.78. The predicted molar refractivity (Wildman–Crippen MR) is 67.5 cm³/mol. The van der Waals surface area contributed by atoms with Crippen LogP contribution in [0.5, 0.6) is 0 Å². The first-order valence-corrected chi connectivity index (χ1v) is 5.90. The Bertz CT molecular complexity index is 620. The summed E-state index contributed by atoms with van der Waals surface area (Å²) >= 11 is 0. The molecule has 0 unspecified atom stereocenters. The molecule has 1 aliphatic carbocycles. The molecule has 0 spiro atoms. The van der Waals surface area contributed by atoms with E-state index in [1.807, 2.05) is 0 Å². The van der Waals surface area contributed by atoms with Crippen molar-refractivity contribution >= 4 is 17.6 Å². The van der Waals surface area contributed by atoms with E-state index in [0.717, 1.165) is 0 Å². The maximum Gasteiger partial charge on any atom is 0.322 e. The molecule has 0 saturated carbocycles. The summed E-state index contributed by atoms with van der Waals surface area (Å²) in [7, 11) is 0. The maximum absolute atomic E-state index is 11.6. The number of fused-ring (bicyclic) bond motifs is 1. The number of carboxylic acid groups (broad SMARTS) is 2. The normalized spacial score (nSPS) is 18.3. The second-order valence-electron chi connectivity index (χ2n) is 5.38. The third kappa shape index (κ3) is 1.46. The van der Waals surface area contributed by atoms with Crippen molar-refractivity contribution in [3.63, 3.8) is 0 Å². The van der Waals surface area contributed by atoms with Gasteiger partial charge in [-0.1, -0.05) is 26.0 Å². The molecule has 0 amide bonds. The second kappa shape index (κ2) is 4.03. The minimum Gasteiger partial charge on any atom is -0.480 e. The van der Waals surface area contributed by atoms with Crippen LogP contribution in [0.1, 0.15) is 25.0 Å². The first-order chi connectivity index (χ1) is 9.16. The summed E-state index contributed by atoms with van der Waals surface area (Å²) in [6.07, 6.45) is -0.392. The van der Waals surface area contributed by atoms with Crippen molar-refractivity contribution in [3.05, 3.63) is 39.4 Å². The van der Waals surface area contributed by atoms with Crippen LogP contribution in [-0.2, 0) is 21.4 Å². The summed E-state index contributed by atoms with van der Waals surface area (Å²) in [5, 5.41) is 29.9. The average molecular weight is 279 g/mol. The largest absolute Gasteiger partial charge is 0.480 e. The SMILES string of the molecule is CC1(C)c2cccc([N+](=O)[O-])c2CC1(C(=O)O)C(=O)O. The molecule has 0 saturated heterocycles. The number of carboxylic acids is 2. The van der Waals surface area contributed by atoms with Crippen molar-refractivity contribution in [1.29, 1.82) is 0 Å². The van der Waals surface area contributed by atoms with E-state index in [1.165, 1.54) is 26.0 Å². The molecule has 0 bridgehead atoms. The van der Waals surface area contributed by atoms with Crippen LogP contribution in [0.25, 0.3) is 0 Å². The lowest BCUT2D eigenvalue weighted by molar-refractivity contribution is -0.385. The van der Waals surface area contributed by atoms with Crippen molar-refractivity contribution in [2.24, 2.45) is 5.41 Å². The van der Waals surface area contributed by atoms with Gasteiger partial charge in [0.15, 0.2) is 5.41 Å². The van der Waals surface area contributed by atoms with Gasteiger partial charge in [0.2, 0.25) is 0 Å². The minimum absolute atomic E-state index is 0.187. The maximum atomic E-state index is 11.6. The summed E-state index contributed by atoms with van der Waals surface area (Å²) in [6, 6.07) is 4.25. The molecule has 0 radical (unpaired) electrons. The molecule has 2 rings (SSSR count). The van der Waals surface area contributed by atoms with Crippen molar-refractivity contribution in [1.82, 2.24) is 0 Å². The summed E-state index contributed by atoms with van der Waals surface area (Å²) in [4.78, 5) is 33.6. The number of benzene rings is 1. The van der Waals surface area contributed by atoms with Crippen LogP contribution in [-0.4, -0.2) is 27.1 Å². The van der Waals surface area contributed by atoms with Crippen molar-refractivity contribution in [2.45, 2.75) is 25.7 Å². The lowest BCUT2D eigenvalue weighted by Gasteiger charge is -2.34. The zero-order valence-electron chi connectivity index (χ0n) is 10.9. The third-order valence-corrected chi connectivity index (χ3v) is 4.26. The fourth-order valence-corrected chi connectivity index (χ4v) is 3.01. The molecule has 1 aromatic carbocycles. The highest BCUT2D eigenvalue weighted by atomic mass is 16.6. The van der Waals surface area contributed by atoms with E-state index in [1.54, 1.807) is 6.07 Å². The highest BCUT2D eigenvalue weighted by Crippen LogP contribution is 2.54. The number of aliphatic carboxylic acids is 2. The number of nitro groups is 1. The van der Waals surface area contributed by atoms with E-state index in [-0.39, 0.29) is 11.3 Å². The van der Waals surface area contributed by atoms with E-state index in [4.69, 9.17) is 0 Å². The molecule has 106 valence electrons. The minimum atomic E-state index is -2.10. The second-order valence-corrected chi connectivity index (χ2v) is 5.38. The van der Waals surface area contributed by atoms with Gasteiger partial charge in [-0.25, -0.2) is 0 Å². The van der Waals surface area contributed by atoms with Crippen LogP contribution in [0.2, 0.25) is 0 Å². The van der Waals surface area contributed by atoms with E-state index in [9.17, 15) is 29.9 Å². The van der Waals surface area contributed by atoms with Crippen LogP contribution in [0, 0.1) is 15.5 Å². The van der Waals surface area contributed by atoms with Crippen LogP contribution < -0.4 is 0 Å². The Kier molecular flexibility index (Phi) is 2.81. The Labute approximate surface area is 114 Å². The zero-order valence-corrected chi connectivity index (χ0v) is 10.9. The number of rotatable bonds is 3. The number of hydrogen-bond acceptors (Lipinski definition) is 4. The Morgan fingerprint density at radius 1 is 1.25 bits per heavy atom. The average Bonchev–Trinajstić information content (AvgIpc) is 2.58. The quantitative estimate of drug-likeness (QED) is 0.492. The Morgan fingerprint density at radius 2 is 1.80 bits per heavy atom. The van der Waals surface area contributed by atoms with E-state index in [0.29, 0.717) is 5.56 Å². The topological polar surface area (TPSA) is 118 Å². The van der Waals surface area contributed by atoms with Crippen molar-refractivity contribution in [2.75, 3.05) is 0 Å². The number of nitrogens with zero attached hydrogens (tertiary/aromatic N) is 1. The predicted octanol–water partition coefficient (Wildman–Crippen LogP) is 1.58. The smallest absolute Gasteiger partial charge is 0.322 e. The van der Waals surface area contributed by atoms with Gasteiger partial charge in [0.25, 0.3) is 5.69 Å². The van der Waals surface area contributed by atoms with Gasteiger partial charge >= 0.3 is 11.9 Å². The molecule has 0 aliphatic heterocycles. The molecule has 0 aromatic heterocycles. The van der Waals surface area contributed by atoms with E-state index >= 15 is 0 Å². The first-order valence-electron chi connectivity index (χ1n) is 5.90. The number of carbonyl (C=O) groups is 2. The zero-order chi connectivity index (χ0) is 15.3. The molecule has 7 heteroatoms. The number of hydrogen-bond donors (Lipinski definition) is 2. The summed E-state index contributed by atoms with van der Waals surface area (Å²) in [5.41, 5.74) is -2.99. The van der Waals surface area contributed by atoms with Crippen LogP contribution in [0.3, 0.4) is 0 Å². The summed E-state index contributed by atoms with van der Waals surface area (Å²) in [5.74, 6) is -2.97. The monoisotopic (exact) mass is 279 g/mol. The van der Waals surface area contributed by atoms with Gasteiger partial charge in [-0.2, -0.15) is 0 Å². The molecule has 2 N–H and O–H groups in total. The Hall–Kier alpha value is -2.44. The van der Waals surface area contributed by atoms with Gasteiger partial charge in [-0.05, 0) is 5.56 Å². The fourth-order valence-electron chi connectivity index (χ4n) is 3.01. The summed E-state index contributed by atoms with van der Waals surface area (Å²) < 4.78 is 0. The van der Waals surface area contributed by atoms with Gasteiger partial charge < -0.3 is 10.2 Å². The van der Waals surface area contributed by atoms with Crippen LogP contribution in [0.4, 0.5) is 5.69 Å². The highest BCUT2D eigenvalue weighted by molar-refractivity contribution is 6.02. The fraction of sp³-hybridized carbons (Fsp3) is 0.385. The molecule has 20 heavy (non-hydrogen) atoms. The van der Waals surface area contributed by atoms with Gasteiger partial charge in [0.05, 0.1) is 4.92 Å². The lowest BCUT2D eigenvalue weighted by atomic mass is 9.66. The van der Waals surface area contributed by atoms with Gasteiger partial charge in [-0.15, -0.1) is 0 Å². The number of nitro benzene ring substituents is 1. The van der Waals surface area contributed by atoms with E-state index < -0.39 is 34.1 Å². The Morgan fingerprint density at radius 3 is 2.25 bits per heavy atom. The standard InChI is InChI=1S/C13H13NO6/c1-12(2)8-4-3-5-9(14(19)20)7(8)6-13(12,10(15)16)11(17)18/h3-5H,6H2,1-2H3,(H,15,16)(H,17,18). The van der Waals surface area contributed by atoms with Gasteiger partial charge in [-0.3, -0.25) is 19.7 Å². The molecule has 7 nitrogen and oxygen atoms in total. The molecule has 0 heterocycles. The lowest BCUT2D eigenvalue weighted by Crippen LogP contribution is -2.51. The molecular weight excluding hydrogens is 266 g/mol. The van der Waals surface area contributed by atoms with Crippen molar-refractivity contribution in [3.8, 4) is 0 Å². The molecule has 0 fully saturated rings. The van der Waals surface area contributed by atoms with E-state index in [2.05, 4.69) is 0 Å². The molecule has 0 atom stereocenters. The summed E-state index contributed by atoms with van der Waals surface area (Å²) in [6.45, 7) is 2.98. The van der Waals surface area contributed by atoms with Crippen LogP contribution >= 0.6 is 0 Å². The third-order valence-electron chi connectivity index (χ3n) is 4.26. The molecular formula is C13H13NO6. The van der Waals surface area contributed by atoms with Gasteiger partial charge in [0, 0.05) is 23.5 Å². The van der Waals surface area contributed by atoms with Crippen LogP contribution in [0.15, 0.2) is 18.2 Å².